The maximum Gasteiger partial charge on any atom is 0.471 e. The van der Waals surface area contributed by atoms with E-state index in [0.29, 0.717) is 12.8 Å². The van der Waals surface area contributed by atoms with Crippen LogP contribution in [-0.4, -0.2) is 43.7 Å². The summed E-state index contributed by atoms with van der Waals surface area (Å²) in [4.78, 5) is 14.4. The van der Waals surface area contributed by atoms with E-state index in [2.05, 4.69) is 20.8 Å². The Morgan fingerprint density at radius 1 is 1.27 bits per heavy atom. The van der Waals surface area contributed by atoms with Gasteiger partial charge >= 0.3 is 12.1 Å². The number of hydrogen-bond donors (Lipinski definition) is 0. The number of piperidine rings is 1. The summed E-state index contributed by atoms with van der Waals surface area (Å²) in [5, 5.41) is 0. The van der Waals surface area contributed by atoms with E-state index in [1.165, 1.54) is 5.56 Å². The highest BCUT2D eigenvalue weighted by Gasteiger charge is 2.48. The first kappa shape index (κ1) is 15.6. The van der Waals surface area contributed by atoms with Gasteiger partial charge in [-0.1, -0.05) is 22.0 Å². The Balaban J connectivity index is 1.81. The highest BCUT2D eigenvalue weighted by Crippen LogP contribution is 2.47. The second-order valence-electron chi connectivity index (χ2n) is 6.09. The van der Waals surface area contributed by atoms with Crippen molar-refractivity contribution in [1.29, 1.82) is 0 Å². The average molecular weight is 377 g/mol. The third-order valence-electron chi connectivity index (χ3n) is 4.73. The molecule has 1 spiro atoms. The van der Waals surface area contributed by atoms with Crippen LogP contribution in [-0.2, 0) is 10.2 Å². The van der Waals surface area contributed by atoms with E-state index >= 15 is 0 Å². The summed E-state index contributed by atoms with van der Waals surface area (Å²) in [6.07, 6.45) is -3.65. The number of nitrogens with zero attached hydrogens (tertiary/aromatic N) is 2. The smallest absolute Gasteiger partial charge is 0.373 e. The SMILES string of the molecule is CN1CC2(CCN(C(=O)C(F)(F)F)CC2)c2ccc(Br)cc21. The number of carbonyl (C=O) groups is 1. The molecule has 7 heteroatoms. The Kier molecular flexibility index (Phi) is 3.66. The number of carbonyl (C=O) groups excluding carboxylic acids is 1. The first-order valence-electron chi connectivity index (χ1n) is 7.10. The molecule has 0 radical (unpaired) electrons. The van der Waals surface area contributed by atoms with Gasteiger partial charge in [0.15, 0.2) is 0 Å². The van der Waals surface area contributed by atoms with Crippen LogP contribution in [0.25, 0.3) is 0 Å². The molecule has 1 aromatic carbocycles. The number of hydrogen-bond acceptors (Lipinski definition) is 2. The molecule has 1 aromatic rings. The van der Waals surface area contributed by atoms with Crippen molar-refractivity contribution in [3.63, 3.8) is 0 Å². The highest BCUT2D eigenvalue weighted by molar-refractivity contribution is 9.10. The van der Waals surface area contributed by atoms with Gasteiger partial charge in [0.1, 0.15) is 0 Å². The van der Waals surface area contributed by atoms with Crippen LogP contribution in [0.3, 0.4) is 0 Å². The van der Waals surface area contributed by atoms with Crippen LogP contribution in [0, 0.1) is 0 Å². The number of halogens is 4. The number of amides is 1. The molecule has 0 bridgehead atoms. The first-order valence-corrected chi connectivity index (χ1v) is 7.89. The van der Waals surface area contributed by atoms with E-state index in [-0.39, 0.29) is 18.5 Å². The van der Waals surface area contributed by atoms with Crippen molar-refractivity contribution in [2.45, 2.75) is 24.4 Å². The molecule has 1 amide bonds. The number of likely N-dealkylation sites (N-methyl/N-ethyl adjacent to an activating group) is 1. The quantitative estimate of drug-likeness (QED) is 0.693. The zero-order valence-corrected chi connectivity index (χ0v) is 13.7. The highest BCUT2D eigenvalue weighted by atomic mass is 79.9. The minimum Gasteiger partial charge on any atom is -0.373 e. The molecule has 0 atom stereocenters. The second kappa shape index (κ2) is 5.15. The van der Waals surface area contributed by atoms with Gasteiger partial charge in [-0.2, -0.15) is 13.2 Å². The molecule has 0 saturated carbocycles. The standard InChI is InChI=1S/C15H16BrF3N2O/c1-20-9-14(11-3-2-10(16)8-12(11)20)4-6-21(7-5-14)13(22)15(17,18)19/h2-3,8H,4-7,9H2,1H3. The van der Waals surface area contributed by atoms with Crippen molar-refractivity contribution in [3.8, 4) is 0 Å². The average Bonchev–Trinajstić information content (AvgIpc) is 2.70. The zero-order valence-electron chi connectivity index (χ0n) is 12.1. The maximum atomic E-state index is 12.5. The molecule has 2 heterocycles. The summed E-state index contributed by atoms with van der Waals surface area (Å²) < 4.78 is 38.6. The van der Waals surface area contributed by atoms with Gasteiger partial charge < -0.3 is 9.80 Å². The lowest BCUT2D eigenvalue weighted by atomic mass is 9.74. The van der Waals surface area contributed by atoms with Crippen LogP contribution in [0.15, 0.2) is 22.7 Å². The lowest BCUT2D eigenvalue weighted by molar-refractivity contribution is -0.186. The molecular formula is C15H16BrF3N2O. The summed E-state index contributed by atoms with van der Waals surface area (Å²) in [5.74, 6) is -1.72. The van der Waals surface area contributed by atoms with Crippen LogP contribution in [0.1, 0.15) is 18.4 Å². The van der Waals surface area contributed by atoms with Crippen molar-refractivity contribution in [3.05, 3.63) is 28.2 Å². The lowest BCUT2D eigenvalue weighted by Crippen LogP contribution is -2.50. The van der Waals surface area contributed by atoms with Gasteiger partial charge in [0.05, 0.1) is 0 Å². The number of alkyl halides is 3. The van der Waals surface area contributed by atoms with Crippen molar-refractivity contribution >= 4 is 27.5 Å². The molecule has 0 N–H and O–H groups in total. The van der Waals surface area contributed by atoms with E-state index < -0.39 is 12.1 Å². The van der Waals surface area contributed by atoms with E-state index in [9.17, 15) is 18.0 Å². The summed E-state index contributed by atoms with van der Waals surface area (Å²) in [6, 6.07) is 6.05. The molecule has 3 nitrogen and oxygen atoms in total. The molecule has 1 fully saturated rings. The molecule has 1 saturated heterocycles. The summed E-state index contributed by atoms with van der Waals surface area (Å²) in [6.45, 7) is 1.09. The molecular weight excluding hydrogens is 361 g/mol. The maximum absolute atomic E-state index is 12.5. The van der Waals surface area contributed by atoms with Crippen molar-refractivity contribution in [2.75, 3.05) is 31.6 Å². The first-order chi connectivity index (χ1) is 10.2. The molecule has 2 aliphatic rings. The van der Waals surface area contributed by atoms with Crippen LogP contribution >= 0.6 is 15.9 Å². The number of fused-ring (bicyclic) bond motifs is 2. The fourth-order valence-corrected chi connectivity index (χ4v) is 3.99. The Bertz CT molecular complexity index is 609. The number of anilines is 1. The predicted molar refractivity (Wildman–Crippen MR) is 81.0 cm³/mol. The Morgan fingerprint density at radius 3 is 2.50 bits per heavy atom. The van der Waals surface area contributed by atoms with Crippen LogP contribution in [0.2, 0.25) is 0 Å². The molecule has 0 unspecified atom stereocenters. The Hall–Kier alpha value is -1.24. The summed E-state index contributed by atoms with van der Waals surface area (Å²) >= 11 is 3.45. The topological polar surface area (TPSA) is 23.6 Å². The van der Waals surface area contributed by atoms with Crippen molar-refractivity contribution in [1.82, 2.24) is 4.90 Å². The normalized spacial score (nSPS) is 20.4. The molecule has 0 aliphatic carbocycles. The van der Waals surface area contributed by atoms with Crippen LogP contribution in [0.4, 0.5) is 18.9 Å². The Morgan fingerprint density at radius 2 is 1.91 bits per heavy atom. The van der Waals surface area contributed by atoms with Crippen molar-refractivity contribution in [2.24, 2.45) is 0 Å². The van der Waals surface area contributed by atoms with Gasteiger partial charge in [-0.3, -0.25) is 4.79 Å². The lowest BCUT2D eigenvalue weighted by Gasteiger charge is -2.40. The number of benzene rings is 1. The monoisotopic (exact) mass is 376 g/mol. The van der Waals surface area contributed by atoms with Gasteiger partial charge in [0.25, 0.3) is 0 Å². The zero-order chi connectivity index (χ0) is 16.1. The number of likely N-dealkylation sites (tertiary alicyclic amines) is 1. The van der Waals surface area contributed by atoms with Gasteiger partial charge in [0.2, 0.25) is 0 Å². The molecule has 0 aromatic heterocycles. The van der Waals surface area contributed by atoms with Crippen LogP contribution in [0.5, 0.6) is 0 Å². The molecule has 22 heavy (non-hydrogen) atoms. The molecule has 3 rings (SSSR count). The van der Waals surface area contributed by atoms with E-state index in [1.54, 1.807) is 0 Å². The molecule has 2 aliphatic heterocycles. The third-order valence-corrected chi connectivity index (χ3v) is 5.23. The summed E-state index contributed by atoms with van der Waals surface area (Å²) in [5.41, 5.74) is 2.15. The van der Waals surface area contributed by atoms with Gasteiger partial charge in [-0.05, 0) is 30.5 Å². The van der Waals surface area contributed by atoms with Crippen molar-refractivity contribution < 1.29 is 18.0 Å². The number of rotatable bonds is 0. The van der Waals surface area contributed by atoms with E-state index in [1.807, 2.05) is 25.2 Å². The van der Waals surface area contributed by atoms with Gasteiger partial charge in [0, 0.05) is 42.3 Å². The summed E-state index contributed by atoms with van der Waals surface area (Å²) in [7, 11) is 1.99. The third kappa shape index (κ3) is 2.49. The fourth-order valence-electron chi connectivity index (χ4n) is 3.64. The largest absolute Gasteiger partial charge is 0.471 e. The predicted octanol–water partition coefficient (Wildman–Crippen LogP) is 3.32. The van der Waals surface area contributed by atoms with Crippen LogP contribution < -0.4 is 4.90 Å². The minimum absolute atomic E-state index is 0.146. The van der Waals surface area contributed by atoms with Gasteiger partial charge in [-0.15, -0.1) is 0 Å². The van der Waals surface area contributed by atoms with E-state index in [4.69, 9.17) is 0 Å². The molecule has 120 valence electrons. The fraction of sp³-hybridized carbons (Fsp3) is 0.533. The van der Waals surface area contributed by atoms with E-state index in [0.717, 1.165) is 21.6 Å². The second-order valence-corrected chi connectivity index (χ2v) is 7.00. The Labute approximate surface area is 135 Å². The minimum atomic E-state index is -4.78. The van der Waals surface area contributed by atoms with Gasteiger partial charge in [-0.25, -0.2) is 0 Å².